The summed E-state index contributed by atoms with van der Waals surface area (Å²) in [5, 5.41) is 0. The maximum Gasteiger partial charge on any atom is 0.147 e. The quantitative estimate of drug-likeness (QED) is 0.536. The van der Waals surface area contributed by atoms with Crippen LogP contribution in [0, 0.1) is 0 Å². The minimum atomic E-state index is 0.392. The Bertz CT molecular complexity index is 83.0. The van der Waals surface area contributed by atoms with E-state index in [4.69, 9.17) is 9.47 Å². The SMILES string of the molecule is CC[C@H]1C[C@@H](C)OCO1. The fourth-order valence-electron chi connectivity index (χ4n) is 1.04. The summed E-state index contributed by atoms with van der Waals surface area (Å²) in [5.74, 6) is 0. The Hall–Kier alpha value is -0.0800. The number of hydrogen-bond acceptors (Lipinski definition) is 2. The van der Waals surface area contributed by atoms with Gasteiger partial charge in [0.15, 0.2) is 0 Å². The molecule has 0 amide bonds. The smallest absolute Gasteiger partial charge is 0.147 e. The lowest BCUT2D eigenvalue weighted by Crippen LogP contribution is -2.28. The second kappa shape index (κ2) is 3.18. The van der Waals surface area contributed by atoms with Crippen LogP contribution in [0.1, 0.15) is 26.7 Å². The van der Waals surface area contributed by atoms with E-state index >= 15 is 0 Å². The minimum Gasteiger partial charge on any atom is -0.352 e. The van der Waals surface area contributed by atoms with Crippen molar-refractivity contribution in [2.45, 2.75) is 38.9 Å². The zero-order valence-corrected chi connectivity index (χ0v) is 6.09. The molecule has 1 saturated heterocycles. The highest BCUT2D eigenvalue weighted by atomic mass is 16.7. The van der Waals surface area contributed by atoms with Crippen molar-refractivity contribution in [3.63, 3.8) is 0 Å². The van der Waals surface area contributed by atoms with Crippen molar-refractivity contribution in [3.05, 3.63) is 0 Å². The first-order chi connectivity index (χ1) is 4.33. The molecule has 1 fully saturated rings. The maximum atomic E-state index is 5.28. The van der Waals surface area contributed by atoms with Gasteiger partial charge in [-0.3, -0.25) is 0 Å². The summed E-state index contributed by atoms with van der Waals surface area (Å²) in [6.45, 7) is 4.72. The Morgan fingerprint density at radius 1 is 1.44 bits per heavy atom. The zero-order chi connectivity index (χ0) is 6.69. The Morgan fingerprint density at radius 2 is 2.22 bits per heavy atom. The van der Waals surface area contributed by atoms with Crippen molar-refractivity contribution in [1.29, 1.82) is 0 Å². The third-order valence-corrected chi connectivity index (χ3v) is 1.71. The van der Waals surface area contributed by atoms with Crippen molar-refractivity contribution >= 4 is 0 Å². The molecule has 1 aliphatic rings. The zero-order valence-electron chi connectivity index (χ0n) is 6.09. The molecule has 0 aromatic carbocycles. The summed E-state index contributed by atoms with van der Waals surface area (Å²) >= 11 is 0. The van der Waals surface area contributed by atoms with Gasteiger partial charge in [0.05, 0.1) is 12.2 Å². The van der Waals surface area contributed by atoms with Crippen molar-refractivity contribution in [2.24, 2.45) is 0 Å². The highest BCUT2D eigenvalue weighted by Crippen LogP contribution is 2.14. The minimum absolute atomic E-state index is 0.392. The van der Waals surface area contributed by atoms with Gasteiger partial charge in [0.1, 0.15) is 6.79 Å². The summed E-state index contributed by atoms with van der Waals surface area (Å²) in [6.07, 6.45) is 2.99. The van der Waals surface area contributed by atoms with Gasteiger partial charge in [-0.2, -0.15) is 0 Å². The van der Waals surface area contributed by atoms with Crippen molar-refractivity contribution < 1.29 is 9.47 Å². The van der Waals surface area contributed by atoms with Crippen LogP contribution in [-0.4, -0.2) is 19.0 Å². The molecule has 0 saturated carbocycles. The van der Waals surface area contributed by atoms with Crippen LogP contribution >= 0.6 is 0 Å². The summed E-state index contributed by atoms with van der Waals surface area (Å²) in [7, 11) is 0. The van der Waals surface area contributed by atoms with Crippen molar-refractivity contribution in [2.75, 3.05) is 6.79 Å². The number of rotatable bonds is 1. The van der Waals surface area contributed by atoms with E-state index in [1.807, 2.05) is 0 Å². The largest absolute Gasteiger partial charge is 0.352 e. The van der Waals surface area contributed by atoms with Crippen LogP contribution in [0.3, 0.4) is 0 Å². The van der Waals surface area contributed by atoms with Crippen LogP contribution in [0.4, 0.5) is 0 Å². The maximum absolute atomic E-state index is 5.28. The summed E-state index contributed by atoms with van der Waals surface area (Å²) in [4.78, 5) is 0. The van der Waals surface area contributed by atoms with Gasteiger partial charge in [0.25, 0.3) is 0 Å². The predicted octanol–water partition coefficient (Wildman–Crippen LogP) is 1.55. The molecule has 0 N–H and O–H groups in total. The second-order valence-corrected chi connectivity index (χ2v) is 2.53. The molecule has 0 aliphatic carbocycles. The Morgan fingerprint density at radius 3 is 2.67 bits per heavy atom. The molecule has 0 unspecified atom stereocenters. The Balaban J connectivity index is 2.23. The molecule has 1 aliphatic heterocycles. The average molecular weight is 130 g/mol. The molecular weight excluding hydrogens is 116 g/mol. The molecule has 9 heavy (non-hydrogen) atoms. The van der Waals surface area contributed by atoms with Gasteiger partial charge < -0.3 is 9.47 Å². The predicted molar refractivity (Wildman–Crippen MR) is 35.2 cm³/mol. The van der Waals surface area contributed by atoms with E-state index in [1.54, 1.807) is 0 Å². The van der Waals surface area contributed by atoms with Crippen molar-refractivity contribution in [1.82, 2.24) is 0 Å². The standard InChI is InChI=1S/C7H14O2/c1-3-7-4-6(2)8-5-9-7/h6-7H,3-5H2,1-2H3/t6-,7+/m1/s1. The molecule has 54 valence electrons. The number of hydrogen-bond donors (Lipinski definition) is 0. The topological polar surface area (TPSA) is 18.5 Å². The van der Waals surface area contributed by atoms with Gasteiger partial charge in [0.2, 0.25) is 0 Å². The summed E-state index contributed by atoms with van der Waals surface area (Å²) < 4.78 is 10.5. The summed E-state index contributed by atoms with van der Waals surface area (Å²) in [5.41, 5.74) is 0. The van der Waals surface area contributed by atoms with Crippen LogP contribution < -0.4 is 0 Å². The average Bonchev–Trinajstić information content (AvgIpc) is 1.88. The molecule has 0 bridgehead atoms. The molecule has 1 rings (SSSR count). The van der Waals surface area contributed by atoms with Crippen LogP contribution in [0.25, 0.3) is 0 Å². The molecule has 0 aromatic rings. The van der Waals surface area contributed by atoms with Gasteiger partial charge >= 0.3 is 0 Å². The van der Waals surface area contributed by atoms with Crippen LogP contribution in [0.2, 0.25) is 0 Å². The normalized spacial score (nSPS) is 36.7. The highest BCUT2D eigenvalue weighted by molar-refractivity contribution is 4.63. The molecule has 2 nitrogen and oxygen atoms in total. The van der Waals surface area contributed by atoms with Crippen LogP contribution in [0.15, 0.2) is 0 Å². The van der Waals surface area contributed by atoms with E-state index in [0.717, 1.165) is 12.8 Å². The Kier molecular flexibility index (Phi) is 2.49. The van der Waals surface area contributed by atoms with Gasteiger partial charge in [0, 0.05) is 0 Å². The van der Waals surface area contributed by atoms with E-state index in [2.05, 4.69) is 13.8 Å². The molecule has 1 heterocycles. The van der Waals surface area contributed by atoms with E-state index in [9.17, 15) is 0 Å². The van der Waals surface area contributed by atoms with Gasteiger partial charge in [-0.1, -0.05) is 6.92 Å². The first kappa shape index (κ1) is 7.03. The molecule has 0 aromatic heterocycles. The van der Waals surface area contributed by atoms with Crippen molar-refractivity contribution in [3.8, 4) is 0 Å². The molecule has 0 radical (unpaired) electrons. The van der Waals surface area contributed by atoms with Gasteiger partial charge in [-0.25, -0.2) is 0 Å². The van der Waals surface area contributed by atoms with E-state index in [-0.39, 0.29) is 0 Å². The highest BCUT2D eigenvalue weighted by Gasteiger charge is 2.17. The fraction of sp³-hybridized carbons (Fsp3) is 1.00. The molecule has 2 heteroatoms. The van der Waals surface area contributed by atoms with Gasteiger partial charge in [-0.15, -0.1) is 0 Å². The van der Waals surface area contributed by atoms with E-state index < -0.39 is 0 Å². The van der Waals surface area contributed by atoms with Crippen LogP contribution in [0.5, 0.6) is 0 Å². The van der Waals surface area contributed by atoms with Crippen LogP contribution in [-0.2, 0) is 9.47 Å². The monoisotopic (exact) mass is 130 g/mol. The lowest BCUT2D eigenvalue weighted by atomic mass is 10.1. The first-order valence-corrected chi connectivity index (χ1v) is 3.56. The van der Waals surface area contributed by atoms with Gasteiger partial charge in [-0.05, 0) is 19.8 Å². The third kappa shape index (κ3) is 1.95. The Labute approximate surface area is 56.2 Å². The number of ether oxygens (including phenoxy) is 2. The lowest BCUT2D eigenvalue weighted by molar-refractivity contribution is -0.170. The molecule has 0 spiro atoms. The fourth-order valence-corrected chi connectivity index (χ4v) is 1.04. The van der Waals surface area contributed by atoms with E-state index in [1.165, 1.54) is 0 Å². The summed E-state index contributed by atoms with van der Waals surface area (Å²) in [6, 6.07) is 0. The second-order valence-electron chi connectivity index (χ2n) is 2.53. The third-order valence-electron chi connectivity index (χ3n) is 1.71. The molecular formula is C7H14O2. The van der Waals surface area contributed by atoms with E-state index in [0.29, 0.717) is 19.0 Å². The lowest BCUT2D eigenvalue weighted by Gasteiger charge is -2.26. The molecule has 2 atom stereocenters. The first-order valence-electron chi connectivity index (χ1n) is 3.56.